The lowest BCUT2D eigenvalue weighted by molar-refractivity contribution is -0.137. The average Bonchev–Trinajstić information content (AvgIpc) is 2.96. The summed E-state index contributed by atoms with van der Waals surface area (Å²) in [5, 5.41) is 23.9. The molecule has 4 rings (SSSR count). The highest BCUT2D eigenvalue weighted by Gasteiger charge is 2.31. The molecule has 1 aromatic heterocycles. The lowest BCUT2D eigenvalue weighted by Gasteiger charge is -2.18. The predicted octanol–water partition coefficient (Wildman–Crippen LogP) is 6.16. The van der Waals surface area contributed by atoms with Gasteiger partial charge < -0.3 is 10.4 Å². The van der Waals surface area contributed by atoms with E-state index >= 15 is 0 Å². The molecule has 1 heterocycles. The molecule has 0 amide bonds. The summed E-state index contributed by atoms with van der Waals surface area (Å²) < 4.78 is 38.7. The Bertz CT molecular complexity index is 1010. The van der Waals surface area contributed by atoms with Crippen molar-refractivity contribution in [3.05, 3.63) is 48.0 Å². The first-order chi connectivity index (χ1) is 13.9. The molecule has 1 aliphatic rings. The van der Waals surface area contributed by atoms with Crippen LogP contribution in [-0.4, -0.2) is 21.3 Å². The highest BCUT2D eigenvalue weighted by atomic mass is 19.4. The zero-order valence-electron chi connectivity index (χ0n) is 15.8. The summed E-state index contributed by atoms with van der Waals surface area (Å²) in [6.07, 6.45) is 2.50. The average molecular weight is 401 g/mol. The third-order valence-corrected chi connectivity index (χ3v) is 5.46. The minimum atomic E-state index is -4.52. The summed E-state index contributed by atoms with van der Waals surface area (Å²) >= 11 is 0. The second-order valence-corrected chi connectivity index (χ2v) is 7.51. The fraction of sp³-hybridized carbons (Fsp3) is 0.364. The minimum Gasteiger partial charge on any atom is -0.507 e. The highest BCUT2D eigenvalue weighted by molar-refractivity contribution is 6.00. The van der Waals surface area contributed by atoms with Gasteiger partial charge in [-0.25, -0.2) is 0 Å². The van der Waals surface area contributed by atoms with E-state index in [1.54, 1.807) is 0 Å². The van der Waals surface area contributed by atoms with Crippen molar-refractivity contribution < 1.29 is 18.3 Å². The third-order valence-electron chi connectivity index (χ3n) is 5.46. The van der Waals surface area contributed by atoms with Gasteiger partial charge in [-0.3, -0.25) is 0 Å². The van der Waals surface area contributed by atoms with E-state index in [1.165, 1.54) is 31.7 Å². The Kier molecular flexibility index (Phi) is 5.30. The van der Waals surface area contributed by atoms with Gasteiger partial charge in [-0.15, -0.1) is 10.2 Å². The zero-order chi connectivity index (χ0) is 20.4. The van der Waals surface area contributed by atoms with Gasteiger partial charge in [0.15, 0.2) is 5.82 Å². The SMILES string of the molecule is Oc1cc(C(F)(F)F)ccc1-c1nnc(NC2CCCCCC2)c2ccccc12. The number of benzene rings is 2. The Balaban J connectivity index is 1.74. The van der Waals surface area contributed by atoms with E-state index in [1.807, 2.05) is 24.3 Å². The maximum Gasteiger partial charge on any atom is 0.416 e. The van der Waals surface area contributed by atoms with Crippen molar-refractivity contribution in [3.8, 4) is 17.0 Å². The largest absolute Gasteiger partial charge is 0.507 e. The number of halogens is 3. The molecule has 2 N–H and O–H groups in total. The van der Waals surface area contributed by atoms with Gasteiger partial charge in [0.2, 0.25) is 0 Å². The number of fused-ring (bicyclic) bond motifs is 1. The highest BCUT2D eigenvalue weighted by Crippen LogP contribution is 2.38. The van der Waals surface area contributed by atoms with E-state index in [-0.39, 0.29) is 5.56 Å². The van der Waals surface area contributed by atoms with Crippen molar-refractivity contribution in [2.45, 2.75) is 50.7 Å². The molecule has 0 unspecified atom stereocenters. The van der Waals surface area contributed by atoms with Crippen LogP contribution in [0.2, 0.25) is 0 Å². The summed E-state index contributed by atoms with van der Waals surface area (Å²) in [4.78, 5) is 0. The van der Waals surface area contributed by atoms with Gasteiger partial charge in [0, 0.05) is 22.4 Å². The monoisotopic (exact) mass is 401 g/mol. The molecule has 1 fully saturated rings. The number of nitrogens with one attached hydrogen (secondary N) is 1. The molecular formula is C22H22F3N3O. The van der Waals surface area contributed by atoms with Crippen molar-refractivity contribution in [2.75, 3.05) is 5.32 Å². The van der Waals surface area contributed by atoms with Crippen LogP contribution in [0.4, 0.5) is 19.0 Å². The van der Waals surface area contributed by atoms with Crippen LogP contribution in [-0.2, 0) is 6.18 Å². The first-order valence-corrected chi connectivity index (χ1v) is 9.86. The summed E-state index contributed by atoms with van der Waals surface area (Å²) in [7, 11) is 0. The van der Waals surface area contributed by atoms with Crippen LogP contribution in [0, 0.1) is 0 Å². The predicted molar refractivity (Wildman–Crippen MR) is 107 cm³/mol. The summed E-state index contributed by atoms with van der Waals surface area (Å²) in [5.74, 6) is 0.200. The number of hydrogen-bond acceptors (Lipinski definition) is 4. The van der Waals surface area contributed by atoms with Gasteiger partial charge in [-0.05, 0) is 31.0 Å². The number of rotatable bonds is 3. The van der Waals surface area contributed by atoms with Crippen molar-refractivity contribution in [2.24, 2.45) is 0 Å². The molecule has 0 bridgehead atoms. The van der Waals surface area contributed by atoms with Gasteiger partial charge in [-0.2, -0.15) is 13.2 Å². The number of phenols is 1. The van der Waals surface area contributed by atoms with Gasteiger partial charge in [0.05, 0.1) is 5.56 Å². The van der Waals surface area contributed by atoms with Crippen LogP contribution < -0.4 is 5.32 Å². The zero-order valence-corrected chi connectivity index (χ0v) is 15.8. The molecule has 2 aromatic carbocycles. The van der Waals surface area contributed by atoms with Crippen LogP contribution >= 0.6 is 0 Å². The molecule has 0 saturated heterocycles. The number of hydrogen-bond donors (Lipinski definition) is 2. The Morgan fingerprint density at radius 2 is 1.59 bits per heavy atom. The second-order valence-electron chi connectivity index (χ2n) is 7.51. The number of anilines is 1. The Morgan fingerprint density at radius 3 is 2.24 bits per heavy atom. The molecule has 0 atom stereocenters. The van der Waals surface area contributed by atoms with E-state index in [9.17, 15) is 18.3 Å². The van der Waals surface area contributed by atoms with Gasteiger partial charge in [-0.1, -0.05) is 49.9 Å². The van der Waals surface area contributed by atoms with E-state index < -0.39 is 17.5 Å². The van der Waals surface area contributed by atoms with Crippen LogP contribution in [0.5, 0.6) is 5.75 Å². The van der Waals surface area contributed by atoms with Crippen molar-refractivity contribution in [1.82, 2.24) is 10.2 Å². The summed E-state index contributed by atoms with van der Waals surface area (Å²) in [6.45, 7) is 0. The number of aromatic hydroxyl groups is 1. The maximum atomic E-state index is 12.9. The molecule has 152 valence electrons. The molecule has 7 heteroatoms. The first-order valence-electron chi connectivity index (χ1n) is 9.86. The van der Waals surface area contributed by atoms with Crippen LogP contribution in [0.15, 0.2) is 42.5 Å². The number of phenolic OH excluding ortho intramolecular Hbond substituents is 1. The Hall–Kier alpha value is -2.83. The van der Waals surface area contributed by atoms with E-state index in [4.69, 9.17) is 0 Å². The van der Waals surface area contributed by atoms with Gasteiger partial charge >= 0.3 is 6.18 Å². The van der Waals surface area contributed by atoms with Crippen molar-refractivity contribution >= 4 is 16.6 Å². The quantitative estimate of drug-likeness (QED) is 0.517. The fourth-order valence-corrected chi connectivity index (χ4v) is 3.93. The van der Waals surface area contributed by atoms with Crippen molar-refractivity contribution in [1.29, 1.82) is 0 Å². The van der Waals surface area contributed by atoms with Crippen LogP contribution in [0.3, 0.4) is 0 Å². The smallest absolute Gasteiger partial charge is 0.416 e. The molecular weight excluding hydrogens is 379 g/mol. The molecule has 3 aromatic rings. The van der Waals surface area contributed by atoms with Crippen LogP contribution in [0.25, 0.3) is 22.0 Å². The van der Waals surface area contributed by atoms with E-state index in [0.717, 1.165) is 35.7 Å². The summed E-state index contributed by atoms with van der Waals surface area (Å²) in [5.41, 5.74) is -0.316. The normalized spacial score (nSPS) is 16.0. The van der Waals surface area contributed by atoms with Gasteiger partial charge in [0.1, 0.15) is 11.4 Å². The lowest BCUT2D eigenvalue weighted by atomic mass is 10.0. The number of alkyl halides is 3. The minimum absolute atomic E-state index is 0.225. The first kappa shape index (κ1) is 19.5. The molecule has 0 radical (unpaired) electrons. The third kappa shape index (κ3) is 4.13. The van der Waals surface area contributed by atoms with Gasteiger partial charge in [0.25, 0.3) is 0 Å². The molecule has 4 nitrogen and oxygen atoms in total. The van der Waals surface area contributed by atoms with Crippen molar-refractivity contribution in [3.63, 3.8) is 0 Å². The lowest BCUT2D eigenvalue weighted by Crippen LogP contribution is -2.19. The Labute approximate surface area is 166 Å². The van der Waals surface area contributed by atoms with E-state index in [2.05, 4.69) is 15.5 Å². The topological polar surface area (TPSA) is 58.0 Å². The molecule has 0 aliphatic heterocycles. The second kappa shape index (κ2) is 7.89. The molecule has 1 aliphatic carbocycles. The van der Waals surface area contributed by atoms with E-state index in [0.29, 0.717) is 17.6 Å². The maximum absolute atomic E-state index is 12.9. The molecule has 1 saturated carbocycles. The molecule has 0 spiro atoms. The standard InChI is InChI=1S/C22H22F3N3O/c23-22(24,25)14-11-12-18(19(29)13-14)20-16-9-5-6-10-17(16)21(28-27-20)26-15-7-3-1-2-4-8-15/h5-6,9-13,15,29H,1-4,7-8H2,(H,26,28). The summed E-state index contributed by atoms with van der Waals surface area (Å²) in [6, 6.07) is 10.7. The van der Waals surface area contributed by atoms with Crippen LogP contribution in [0.1, 0.15) is 44.1 Å². The fourth-order valence-electron chi connectivity index (χ4n) is 3.93. The number of nitrogens with zero attached hydrogens (tertiary/aromatic N) is 2. The Morgan fingerprint density at radius 1 is 0.897 bits per heavy atom. The number of aromatic nitrogens is 2. The molecule has 29 heavy (non-hydrogen) atoms.